The number of hydrogen-bond donors (Lipinski definition) is 1. The summed E-state index contributed by atoms with van der Waals surface area (Å²) in [5, 5.41) is 11.0. The lowest BCUT2D eigenvalue weighted by molar-refractivity contribution is -0.117. The van der Waals surface area contributed by atoms with Crippen LogP contribution in [0.1, 0.15) is 17.3 Å². The minimum absolute atomic E-state index is 0.0238. The first-order chi connectivity index (χ1) is 18.0. The van der Waals surface area contributed by atoms with Crippen molar-refractivity contribution in [1.29, 1.82) is 0 Å². The smallest absolute Gasteiger partial charge is 0.350 e. The zero-order valence-corrected chi connectivity index (χ0v) is 19.4. The van der Waals surface area contributed by atoms with Crippen LogP contribution in [0.15, 0.2) is 70.1 Å². The number of Topliss-reactive ketones (excluding diaryl/α,β-unsaturated/α-hetero) is 1. The van der Waals surface area contributed by atoms with Gasteiger partial charge in [0, 0.05) is 23.4 Å². The first-order valence-electron chi connectivity index (χ1n) is 11.2. The number of nitrogens with one attached hydrogen (secondary N) is 1. The van der Waals surface area contributed by atoms with E-state index in [9.17, 15) is 14.4 Å². The monoisotopic (exact) mass is 498 g/mol. The number of benzene rings is 2. The van der Waals surface area contributed by atoms with Crippen LogP contribution in [0.5, 0.6) is 11.5 Å². The molecule has 184 valence electrons. The Kier molecular flexibility index (Phi) is 5.26. The number of ether oxygens (including phenoxy) is 2. The van der Waals surface area contributed by atoms with Crippen molar-refractivity contribution in [3.63, 3.8) is 0 Å². The summed E-state index contributed by atoms with van der Waals surface area (Å²) < 4.78 is 18.4. The second kappa shape index (κ2) is 8.75. The van der Waals surface area contributed by atoms with E-state index < -0.39 is 18.1 Å². The van der Waals surface area contributed by atoms with Crippen molar-refractivity contribution in [1.82, 2.24) is 24.3 Å². The Balaban J connectivity index is 1.30. The molecule has 12 heteroatoms. The molecule has 0 saturated carbocycles. The van der Waals surface area contributed by atoms with Crippen LogP contribution in [-0.4, -0.2) is 42.8 Å². The fourth-order valence-electron chi connectivity index (χ4n) is 4.01. The number of rotatable bonds is 6. The molecule has 0 bridgehead atoms. The predicted octanol–water partition coefficient (Wildman–Crippen LogP) is 2.78. The van der Waals surface area contributed by atoms with E-state index in [-0.39, 0.29) is 35.4 Å². The van der Waals surface area contributed by atoms with E-state index in [1.807, 2.05) is 30.3 Å². The second-order valence-electron chi connectivity index (χ2n) is 8.20. The van der Waals surface area contributed by atoms with Crippen molar-refractivity contribution in [2.75, 3.05) is 12.1 Å². The molecular formula is C25H18N6O6. The molecular weight excluding hydrogens is 480 g/mol. The van der Waals surface area contributed by atoms with Gasteiger partial charge in [-0.25, -0.2) is 13.9 Å². The van der Waals surface area contributed by atoms with Gasteiger partial charge in [0.15, 0.2) is 22.9 Å². The molecule has 0 unspecified atom stereocenters. The van der Waals surface area contributed by atoms with E-state index in [1.165, 1.54) is 29.7 Å². The zero-order valence-electron chi connectivity index (χ0n) is 19.4. The van der Waals surface area contributed by atoms with Crippen molar-refractivity contribution in [2.45, 2.75) is 13.5 Å². The molecule has 37 heavy (non-hydrogen) atoms. The van der Waals surface area contributed by atoms with Crippen LogP contribution >= 0.6 is 0 Å². The zero-order chi connectivity index (χ0) is 25.5. The van der Waals surface area contributed by atoms with Gasteiger partial charge in [0.25, 0.3) is 5.89 Å². The van der Waals surface area contributed by atoms with Crippen LogP contribution < -0.4 is 20.5 Å². The first-order valence-corrected chi connectivity index (χ1v) is 11.2. The minimum Gasteiger partial charge on any atom is -0.454 e. The Bertz CT molecular complexity index is 1740. The van der Waals surface area contributed by atoms with Gasteiger partial charge in [0.1, 0.15) is 6.54 Å². The number of carbonyl (C=O) groups excluding carboxylic acids is 2. The standard InChI is InChI=1S/C25H18N6O6/c1-14(32)17-10-19-20(36-13-35-19)11-18(17)26-21(33)12-31-25(34)30-9-5-8-16(23(30)28-31)24-27-22(29-37-24)15-6-3-2-4-7-15/h2-11H,12-13H2,1H3,(H,26,33). The Morgan fingerprint density at radius 2 is 1.84 bits per heavy atom. The Morgan fingerprint density at radius 3 is 2.62 bits per heavy atom. The highest BCUT2D eigenvalue weighted by Crippen LogP contribution is 2.37. The molecule has 0 aliphatic carbocycles. The Labute approximate surface area is 208 Å². The molecule has 1 aliphatic rings. The summed E-state index contributed by atoms with van der Waals surface area (Å²) in [5.74, 6) is 0.574. The van der Waals surface area contributed by atoms with Gasteiger partial charge in [-0.3, -0.25) is 9.59 Å². The number of carbonyl (C=O) groups is 2. The second-order valence-corrected chi connectivity index (χ2v) is 8.20. The molecule has 0 radical (unpaired) electrons. The van der Waals surface area contributed by atoms with Crippen LogP contribution in [0.2, 0.25) is 0 Å². The Hall–Kier alpha value is -5.26. The van der Waals surface area contributed by atoms with E-state index in [0.717, 1.165) is 10.2 Å². The lowest BCUT2D eigenvalue weighted by atomic mass is 10.1. The van der Waals surface area contributed by atoms with E-state index in [2.05, 4.69) is 20.6 Å². The third-order valence-corrected chi connectivity index (χ3v) is 5.76. The number of pyridine rings is 1. The van der Waals surface area contributed by atoms with Gasteiger partial charge in [-0.1, -0.05) is 35.5 Å². The van der Waals surface area contributed by atoms with Gasteiger partial charge in [0.05, 0.1) is 11.3 Å². The maximum absolute atomic E-state index is 13.0. The molecule has 3 aromatic heterocycles. The predicted molar refractivity (Wildman–Crippen MR) is 129 cm³/mol. The summed E-state index contributed by atoms with van der Waals surface area (Å²) in [5.41, 5.74) is 1.43. The van der Waals surface area contributed by atoms with E-state index in [1.54, 1.807) is 12.1 Å². The number of nitrogens with zero attached hydrogens (tertiary/aromatic N) is 5. The van der Waals surface area contributed by atoms with Gasteiger partial charge in [0.2, 0.25) is 18.5 Å². The molecule has 0 fully saturated rings. The molecule has 1 amide bonds. The number of hydrogen-bond acceptors (Lipinski definition) is 9. The van der Waals surface area contributed by atoms with E-state index in [4.69, 9.17) is 14.0 Å². The number of aromatic nitrogens is 5. The van der Waals surface area contributed by atoms with Crippen LogP contribution in [0.4, 0.5) is 5.69 Å². The molecule has 1 aliphatic heterocycles. The normalized spacial score (nSPS) is 12.1. The third kappa shape index (κ3) is 3.99. The molecule has 0 atom stereocenters. The largest absolute Gasteiger partial charge is 0.454 e. The highest BCUT2D eigenvalue weighted by Gasteiger charge is 2.22. The average molecular weight is 498 g/mol. The third-order valence-electron chi connectivity index (χ3n) is 5.76. The molecule has 6 rings (SSSR count). The molecule has 2 aromatic carbocycles. The molecule has 0 spiro atoms. The molecule has 5 aromatic rings. The van der Waals surface area contributed by atoms with Crippen molar-refractivity contribution in [3.05, 3.63) is 76.8 Å². The summed E-state index contributed by atoms with van der Waals surface area (Å²) in [6.07, 6.45) is 1.53. The summed E-state index contributed by atoms with van der Waals surface area (Å²) in [4.78, 5) is 42.4. The maximum Gasteiger partial charge on any atom is 0.350 e. The summed E-state index contributed by atoms with van der Waals surface area (Å²) in [6.45, 7) is 1.00. The van der Waals surface area contributed by atoms with Gasteiger partial charge in [-0.05, 0) is 25.1 Å². The van der Waals surface area contributed by atoms with Crippen molar-refractivity contribution < 1.29 is 23.6 Å². The van der Waals surface area contributed by atoms with Crippen molar-refractivity contribution >= 4 is 23.0 Å². The fourth-order valence-corrected chi connectivity index (χ4v) is 4.01. The summed E-state index contributed by atoms with van der Waals surface area (Å²) in [6, 6.07) is 15.7. The average Bonchev–Trinajstić information content (AvgIpc) is 3.63. The van der Waals surface area contributed by atoms with Crippen LogP contribution in [-0.2, 0) is 11.3 Å². The van der Waals surface area contributed by atoms with Gasteiger partial charge < -0.3 is 19.3 Å². The van der Waals surface area contributed by atoms with Gasteiger partial charge in [-0.15, -0.1) is 5.10 Å². The first kappa shape index (κ1) is 22.2. The lowest BCUT2D eigenvalue weighted by Gasteiger charge is -2.10. The van der Waals surface area contributed by atoms with Crippen molar-refractivity contribution in [2.24, 2.45) is 0 Å². The number of fused-ring (bicyclic) bond motifs is 2. The number of anilines is 1. The summed E-state index contributed by atoms with van der Waals surface area (Å²) >= 11 is 0. The fraction of sp³-hybridized carbons (Fsp3) is 0.120. The minimum atomic E-state index is -0.558. The number of amides is 1. The van der Waals surface area contributed by atoms with Crippen LogP contribution in [0.25, 0.3) is 28.5 Å². The van der Waals surface area contributed by atoms with E-state index >= 15 is 0 Å². The molecule has 1 N–H and O–H groups in total. The maximum atomic E-state index is 13.0. The highest BCUT2D eigenvalue weighted by atomic mass is 16.7. The topological polar surface area (TPSA) is 143 Å². The SMILES string of the molecule is CC(=O)c1cc2c(cc1NC(=O)Cn1nc3c(-c4nc(-c5ccccc5)no4)cccn3c1=O)OCO2. The van der Waals surface area contributed by atoms with Crippen LogP contribution in [0.3, 0.4) is 0 Å². The van der Waals surface area contributed by atoms with Gasteiger partial charge >= 0.3 is 5.69 Å². The molecule has 12 nitrogen and oxygen atoms in total. The lowest BCUT2D eigenvalue weighted by Crippen LogP contribution is -2.28. The molecule has 4 heterocycles. The molecule has 0 saturated heterocycles. The summed E-state index contributed by atoms with van der Waals surface area (Å²) in [7, 11) is 0. The highest BCUT2D eigenvalue weighted by molar-refractivity contribution is 6.04. The van der Waals surface area contributed by atoms with E-state index in [0.29, 0.717) is 22.9 Å². The number of ketones is 1. The Morgan fingerprint density at radius 1 is 1.05 bits per heavy atom. The van der Waals surface area contributed by atoms with Crippen molar-refractivity contribution in [3.8, 4) is 34.3 Å². The van der Waals surface area contributed by atoms with Gasteiger partial charge in [-0.2, -0.15) is 4.98 Å². The van der Waals surface area contributed by atoms with Crippen LogP contribution in [0, 0.1) is 0 Å². The quantitative estimate of drug-likeness (QED) is 0.350.